The predicted octanol–water partition coefficient (Wildman–Crippen LogP) is 2.35. The molecular weight excluding hydrogens is 288 g/mol. The normalized spacial score (nSPS) is 23.8. The Kier molecular flexibility index (Phi) is 4.38. The average Bonchev–Trinajstić information content (AvgIpc) is 2.37. The van der Waals surface area contributed by atoms with Gasteiger partial charge in [0.15, 0.2) is 9.84 Å². The summed E-state index contributed by atoms with van der Waals surface area (Å²) in [5.41, 5.74) is 0.436. The van der Waals surface area contributed by atoms with Gasteiger partial charge < -0.3 is 9.84 Å². The largest absolute Gasteiger partial charge is 0.496 e. The number of aliphatic hydroxyl groups is 1. The zero-order chi connectivity index (χ0) is 14.0. The first-order valence-corrected chi connectivity index (χ1v) is 8.28. The molecule has 6 heteroatoms. The lowest BCUT2D eigenvalue weighted by Gasteiger charge is -2.27. The van der Waals surface area contributed by atoms with Gasteiger partial charge in [0, 0.05) is 10.6 Å². The molecule has 0 bridgehead atoms. The number of methoxy groups -OCH3 is 1. The van der Waals surface area contributed by atoms with Gasteiger partial charge in [0.05, 0.1) is 24.2 Å². The Morgan fingerprint density at radius 2 is 2.16 bits per heavy atom. The molecule has 2 atom stereocenters. The van der Waals surface area contributed by atoms with E-state index in [2.05, 4.69) is 0 Å². The molecule has 2 unspecified atom stereocenters. The maximum absolute atomic E-state index is 12.0. The van der Waals surface area contributed by atoms with E-state index in [1.807, 2.05) is 0 Å². The van der Waals surface area contributed by atoms with Gasteiger partial charge in [-0.3, -0.25) is 0 Å². The van der Waals surface area contributed by atoms with Crippen LogP contribution < -0.4 is 4.74 Å². The van der Waals surface area contributed by atoms with E-state index in [1.165, 1.54) is 7.11 Å². The molecule has 0 amide bonds. The van der Waals surface area contributed by atoms with E-state index in [4.69, 9.17) is 16.3 Å². The van der Waals surface area contributed by atoms with E-state index in [0.717, 1.165) is 6.42 Å². The highest BCUT2D eigenvalue weighted by molar-refractivity contribution is 7.92. The topological polar surface area (TPSA) is 63.6 Å². The van der Waals surface area contributed by atoms with Crippen LogP contribution in [0, 0.1) is 0 Å². The third-order valence-corrected chi connectivity index (χ3v) is 6.00. The summed E-state index contributed by atoms with van der Waals surface area (Å²) in [6.07, 6.45) is 0.847. The minimum Gasteiger partial charge on any atom is -0.496 e. The highest BCUT2D eigenvalue weighted by Crippen LogP contribution is 2.36. The van der Waals surface area contributed by atoms with Gasteiger partial charge in [-0.1, -0.05) is 18.0 Å². The van der Waals surface area contributed by atoms with E-state index < -0.39 is 21.2 Å². The molecule has 0 radical (unpaired) electrons. The summed E-state index contributed by atoms with van der Waals surface area (Å²) in [5.74, 6) is 0.593. The Hall–Kier alpha value is -0.780. The van der Waals surface area contributed by atoms with Crippen LogP contribution in [0.25, 0.3) is 0 Å². The SMILES string of the molecule is COc1ccc(Cl)cc1C(O)C1CCCCS1(=O)=O. The number of hydrogen-bond donors (Lipinski definition) is 1. The van der Waals surface area contributed by atoms with Crippen molar-refractivity contribution in [3.63, 3.8) is 0 Å². The first-order chi connectivity index (χ1) is 8.95. The van der Waals surface area contributed by atoms with Gasteiger partial charge in [-0.05, 0) is 31.0 Å². The molecule has 4 nitrogen and oxygen atoms in total. The number of halogens is 1. The van der Waals surface area contributed by atoms with Gasteiger partial charge in [-0.15, -0.1) is 0 Å². The second-order valence-electron chi connectivity index (χ2n) is 4.73. The Bertz CT molecular complexity index is 556. The average molecular weight is 305 g/mol. The molecule has 1 aliphatic rings. The van der Waals surface area contributed by atoms with Crippen LogP contribution in [0.4, 0.5) is 0 Å². The van der Waals surface area contributed by atoms with Crippen molar-refractivity contribution in [1.29, 1.82) is 0 Å². The van der Waals surface area contributed by atoms with Crippen LogP contribution >= 0.6 is 11.6 Å². The van der Waals surface area contributed by atoms with Crippen molar-refractivity contribution in [2.45, 2.75) is 30.6 Å². The molecule has 0 aliphatic carbocycles. The number of sulfone groups is 1. The van der Waals surface area contributed by atoms with E-state index in [9.17, 15) is 13.5 Å². The van der Waals surface area contributed by atoms with Crippen molar-refractivity contribution in [3.8, 4) is 5.75 Å². The molecule has 2 rings (SSSR count). The zero-order valence-electron chi connectivity index (χ0n) is 10.7. The van der Waals surface area contributed by atoms with Crippen LogP contribution in [-0.4, -0.2) is 31.6 Å². The molecule has 1 aliphatic heterocycles. The second kappa shape index (κ2) is 5.69. The Labute approximate surface area is 118 Å². The van der Waals surface area contributed by atoms with Crippen LogP contribution in [0.5, 0.6) is 5.75 Å². The summed E-state index contributed by atoms with van der Waals surface area (Å²) < 4.78 is 29.3. The summed E-state index contributed by atoms with van der Waals surface area (Å²) in [4.78, 5) is 0. The fraction of sp³-hybridized carbons (Fsp3) is 0.538. The third kappa shape index (κ3) is 3.04. The molecule has 106 valence electrons. The maximum atomic E-state index is 12.0. The fourth-order valence-electron chi connectivity index (χ4n) is 2.47. The van der Waals surface area contributed by atoms with Gasteiger partial charge in [0.1, 0.15) is 5.75 Å². The lowest BCUT2D eigenvalue weighted by Crippen LogP contribution is -2.34. The molecule has 1 fully saturated rings. The Morgan fingerprint density at radius 3 is 2.79 bits per heavy atom. The fourth-order valence-corrected chi connectivity index (χ4v) is 4.63. The van der Waals surface area contributed by atoms with Gasteiger partial charge in [0.2, 0.25) is 0 Å². The molecule has 1 heterocycles. The van der Waals surface area contributed by atoms with Crippen LogP contribution in [0.1, 0.15) is 30.9 Å². The number of hydrogen-bond acceptors (Lipinski definition) is 4. The van der Waals surface area contributed by atoms with Gasteiger partial charge in [-0.2, -0.15) is 0 Å². The van der Waals surface area contributed by atoms with Crippen LogP contribution in [0.3, 0.4) is 0 Å². The minimum atomic E-state index is -3.26. The first kappa shape index (κ1) is 14.6. The molecule has 1 saturated heterocycles. The van der Waals surface area contributed by atoms with E-state index in [1.54, 1.807) is 18.2 Å². The quantitative estimate of drug-likeness (QED) is 0.931. The van der Waals surface area contributed by atoms with E-state index in [0.29, 0.717) is 29.2 Å². The monoisotopic (exact) mass is 304 g/mol. The number of benzene rings is 1. The molecule has 1 N–H and O–H groups in total. The summed E-state index contributed by atoms with van der Waals surface area (Å²) in [6, 6.07) is 4.84. The highest BCUT2D eigenvalue weighted by Gasteiger charge is 2.36. The number of rotatable bonds is 3. The molecule has 1 aromatic carbocycles. The zero-order valence-corrected chi connectivity index (χ0v) is 12.2. The second-order valence-corrected chi connectivity index (χ2v) is 7.51. The van der Waals surface area contributed by atoms with Crippen molar-refractivity contribution in [2.75, 3.05) is 12.9 Å². The molecule has 19 heavy (non-hydrogen) atoms. The van der Waals surface area contributed by atoms with Gasteiger partial charge in [-0.25, -0.2) is 8.42 Å². The highest BCUT2D eigenvalue weighted by atomic mass is 35.5. The third-order valence-electron chi connectivity index (χ3n) is 3.49. The van der Waals surface area contributed by atoms with Crippen LogP contribution in [0.2, 0.25) is 5.02 Å². The van der Waals surface area contributed by atoms with Crippen molar-refractivity contribution >= 4 is 21.4 Å². The van der Waals surface area contributed by atoms with Gasteiger partial charge in [0.25, 0.3) is 0 Å². The van der Waals surface area contributed by atoms with Crippen LogP contribution in [0.15, 0.2) is 18.2 Å². The lowest BCUT2D eigenvalue weighted by atomic mass is 10.0. The lowest BCUT2D eigenvalue weighted by molar-refractivity contribution is 0.160. The summed E-state index contributed by atoms with van der Waals surface area (Å²) in [6.45, 7) is 0. The molecule has 0 spiro atoms. The van der Waals surface area contributed by atoms with E-state index >= 15 is 0 Å². The maximum Gasteiger partial charge on any atom is 0.156 e. The van der Waals surface area contributed by atoms with Crippen molar-refractivity contribution < 1.29 is 18.3 Å². The van der Waals surface area contributed by atoms with E-state index in [-0.39, 0.29) is 5.75 Å². The minimum absolute atomic E-state index is 0.137. The summed E-state index contributed by atoms with van der Waals surface area (Å²) in [5, 5.41) is 10.1. The van der Waals surface area contributed by atoms with Crippen molar-refractivity contribution in [3.05, 3.63) is 28.8 Å². The van der Waals surface area contributed by atoms with Crippen molar-refractivity contribution in [2.24, 2.45) is 0 Å². The van der Waals surface area contributed by atoms with Crippen molar-refractivity contribution in [1.82, 2.24) is 0 Å². The summed E-state index contributed by atoms with van der Waals surface area (Å²) in [7, 11) is -1.78. The summed E-state index contributed by atoms with van der Waals surface area (Å²) >= 11 is 5.91. The first-order valence-electron chi connectivity index (χ1n) is 6.19. The molecule has 0 aromatic heterocycles. The molecule has 1 aromatic rings. The standard InChI is InChI=1S/C13H17ClO4S/c1-18-11-6-5-9(14)8-10(11)13(15)12-4-2-3-7-19(12,16)17/h5-6,8,12-13,15H,2-4,7H2,1H3. The Balaban J connectivity index is 2.38. The number of ether oxygens (including phenoxy) is 1. The smallest absolute Gasteiger partial charge is 0.156 e. The predicted molar refractivity (Wildman–Crippen MR) is 74.4 cm³/mol. The number of aliphatic hydroxyl groups excluding tert-OH is 1. The molecule has 0 saturated carbocycles. The van der Waals surface area contributed by atoms with Gasteiger partial charge >= 0.3 is 0 Å². The molecular formula is C13H17ClO4S. The Morgan fingerprint density at radius 1 is 1.42 bits per heavy atom. The van der Waals surface area contributed by atoms with Crippen LogP contribution in [-0.2, 0) is 9.84 Å².